The molecule has 15 atom stereocenters. The zero-order chi connectivity index (χ0) is 55.7. The molecule has 17 heteroatoms. The van der Waals surface area contributed by atoms with Gasteiger partial charge in [0.05, 0.1) is 36.6 Å². The molecule has 5 rings (SSSR count). The van der Waals surface area contributed by atoms with Crippen molar-refractivity contribution in [2.24, 2.45) is 35.5 Å². The highest BCUT2D eigenvalue weighted by Gasteiger charge is 2.53. The number of cyclic esters (lactones) is 1. The van der Waals surface area contributed by atoms with Gasteiger partial charge >= 0.3 is 11.9 Å². The predicted octanol–water partition coefficient (Wildman–Crippen LogP) is 7.46. The van der Waals surface area contributed by atoms with Gasteiger partial charge in [-0.3, -0.25) is 24.2 Å². The largest absolute Gasteiger partial charge is 0.460 e. The van der Waals surface area contributed by atoms with Crippen LogP contribution in [0, 0.1) is 35.5 Å². The second-order valence-corrected chi connectivity index (χ2v) is 21.8. The van der Waals surface area contributed by atoms with Crippen LogP contribution in [-0.2, 0) is 57.1 Å². The van der Waals surface area contributed by atoms with Gasteiger partial charge in [0.2, 0.25) is 5.79 Å². The van der Waals surface area contributed by atoms with Gasteiger partial charge in [-0.05, 0) is 119 Å². The molecular formula is C59H86N2O15. The number of ketones is 3. The van der Waals surface area contributed by atoms with Crippen LogP contribution in [0.15, 0.2) is 72.1 Å². The molecule has 1 aromatic rings. The van der Waals surface area contributed by atoms with Crippen LogP contribution in [0.25, 0.3) is 0 Å². The third-order valence-corrected chi connectivity index (χ3v) is 16.0. The first-order valence-corrected chi connectivity index (χ1v) is 27.4. The van der Waals surface area contributed by atoms with Crippen LogP contribution in [0.2, 0.25) is 0 Å². The van der Waals surface area contributed by atoms with E-state index in [0.717, 1.165) is 12.0 Å². The van der Waals surface area contributed by atoms with Gasteiger partial charge < -0.3 is 48.3 Å². The lowest BCUT2D eigenvalue weighted by Gasteiger charge is -2.42. The number of pyridine rings is 1. The standard InChI is InChI=1S/C59H86N2O15/c1-36-17-12-11-13-18-37(2)49(70-8)33-45-23-21-42(7)59(69,76-45)55(65)56(66)61-26-15-14-20-46(61)58(68)75-50(34-47(62)38(3)30-41(6)53(64)54(72-10)52(63)40(5)29-36)39(4)31-43-22-24-48(51(32-43)71-9)73-27-28-74-57(67)44-19-16-25-60-35-44/h11-13,16-19,25,30,35-36,38-40,42-43,45-46,48-51,53-54,64,69H,14-15,20-24,26-29,31-34H2,1-10H3/b13-11+,17-12+,37-18+,41-30+/t36-,38-,39-,40-,42-,43+,45?,46?,48-,49+,50+,51-,53-,54+,59-/m1/s1. The van der Waals surface area contributed by atoms with E-state index in [1.807, 2.05) is 58.1 Å². The summed E-state index contributed by atoms with van der Waals surface area (Å²) < 4.78 is 41.4. The smallest absolute Gasteiger partial charge is 0.339 e. The van der Waals surface area contributed by atoms with Gasteiger partial charge in [-0.1, -0.05) is 71.1 Å². The molecule has 0 spiro atoms. The monoisotopic (exact) mass is 1060 g/mol. The molecule has 1 aliphatic carbocycles. The summed E-state index contributed by atoms with van der Waals surface area (Å²) in [6, 6.07) is 2.11. The van der Waals surface area contributed by atoms with Gasteiger partial charge in [-0.25, -0.2) is 9.59 Å². The number of carbonyl (C=O) groups is 6. The molecule has 4 heterocycles. The number of esters is 2. The lowest BCUT2D eigenvalue weighted by atomic mass is 9.78. The van der Waals surface area contributed by atoms with Gasteiger partial charge in [0, 0.05) is 70.9 Å². The van der Waals surface area contributed by atoms with E-state index in [4.69, 9.17) is 33.2 Å². The van der Waals surface area contributed by atoms with Crippen molar-refractivity contribution in [1.82, 2.24) is 9.88 Å². The van der Waals surface area contributed by atoms with Gasteiger partial charge in [0.1, 0.15) is 36.7 Å². The van der Waals surface area contributed by atoms with E-state index in [0.29, 0.717) is 68.9 Å². The van der Waals surface area contributed by atoms with Crippen LogP contribution < -0.4 is 0 Å². The van der Waals surface area contributed by atoms with Crippen molar-refractivity contribution >= 4 is 35.2 Å². The molecule has 17 nitrogen and oxygen atoms in total. The minimum Gasteiger partial charge on any atom is -0.460 e. The Morgan fingerprint density at radius 2 is 1.64 bits per heavy atom. The van der Waals surface area contributed by atoms with Crippen LogP contribution >= 0.6 is 0 Å². The number of aromatic nitrogens is 1. The number of amides is 1. The Morgan fingerprint density at radius 1 is 0.882 bits per heavy atom. The van der Waals surface area contributed by atoms with Crippen molar-refractivity contribution in [3.8, 4) is 0 Å². The molecule has 1 saturated carbocycles. The third kappa shape index (κ3) is 16.9. The molecular weight excluding hydrogens is 977 g/mol. The summed E-state index contributed by atoms with van der Waals surface area (Å²) in [5.41, 5.74) is 1.59. The van der Waals surface area contributed by atoms with Crippen molar-refractivity contribution in [2.75, 3.05) is 41.1 Å². The van der Waals surface area contributed by atoms with E-state index in [9.17, 15) is 39.0 Å². The van der Waals surface area contributed by atoms with Gasteiger partial charge in [0.25, 0.3) is 11.7 Å². The summed E-state index contributed by atoms with van der Waals surface area (Å²) in [6.07, 6.45) is 14.4. The van der Waals surface area contributed by atoms with Gasteiger partial charge in [-0.15, -0.1) is 0 Å². The summed E-state index contributed by atoms with van der Waals surface area (Å²) in [4.78, 5) is 89.0. The van der Waals surface area contributed by atoms with E-state index in [1.165, 1.54) is 18.2 Å². The number of aliphatic hydroxyl groups excluding tert-OH is 1. The number of methoxy groups -OCH3 is 3. The molecule has 76 heavy (non-hydrogen) atoms. The molecule has 4 aliphatic rings. The normalized spacial score (nSPS) is 36.1. The van der Waals surface area contributed by atoms with Crippen molar-refractivity contribution in [3.63, 3.8) is 0 Å². The van der Waals surface area contributed by atoms with Crippen molar-refractivity contribution in [1.29, 1.82) is 0 Å². The highest BCUT2D eigenvalue weighted by atomic mass is 16.6. The fourth-order valence-corrected chi connectivity index (χ4v) is 11.2. The van der Waals surface area contributed by atoms with Crippen LogP contribution in [0.3, 0.4) is 0 Å². The summed E-state index contributed by atoms with van der Waals surface area (Å²) in [5, 5.41) is 23.6. The molecule has 3 aliphatic heterocycles. The molecule has 2 saturated heterocycles. The number of allylic oxidation sites excluding steroid dienone is 6. The summed E-state index contributed by atoms with van der Waals surface area (Å²) in [7, 11) is 4.57. The Hall–Kier alpha value is -4.75. The average molecular weight is 1060 g/mol. The number of nitrogens with zero attached hydrogens (tertiary/aromatic N) is 2. The van der Waals surface area contributed by atoms with E-state index in [-0.39, 0.29) is 74.1 Å². The number of rotatable bonds is 11. The molecule has 2 unspecified atom stereocenters. The molecule has 3 fully saturated rings. The van der Waals surface area contributed by atoms with Crippen molar-refractivity contribution in [3.05, 3.63) is 77.7 Å². The van der Waals surface area contributed by atoms with E-state index in [2.05, 4.69) is 4.98 Å². The van der Waals surface area contributed by atoms with Gasteiger partial charge in [0.15, 0.2) is 5.78 Å². The first kappa shape index (κ1) is 62.1. The number of carbonyl (C=O) groups excluding carboxylic acids is 6. The minimum absolute atomic E-state index is 0.00342. The Kier molecular flexibility index (Phi) is 24.4. The molecule has 0 aromatic carbocycles. The van der Waals surface area contributed by atoms with E-state index < -0.39 is 83.7 Å². The molecule has 2 N–H and O–H groups in total. The zero-order valence-electron chi connectivity index (χ0n) is 46.6. The van der Waals surface area contributed by atoms with Crippen LogP contribution in [-0.4, -0.2) is 151 Å². The topological polar surface area (TPSA) is 224 Å². The number of ether oxygens (including phenoxy) is 7. The molecule has 1 amide bonds. The van der Waals surface area contributed by atoms with Crippen LogP contribution in [0.1, 0.15) is 136 Å². The first-order chi connectivity index (χ1) is 36.2. The summed E-state index contributed by atoms with van der Waals surface area (Å²) >= 11 is 0. The number of Topliss-reactive ketones (excluding diaryl/α,β-unsaturated/α-hetero) is 3. The molecule has 0 radical (unpaired) electrons. The summed E-state index contributed by atoms with van der Waals surface area (Å²) in [5.74, 6) is -8.71. The predicted molar refractivity (Wildman–Crippen MR) is 283 cm³/mol. The Morgan fingerprint density at radius 3 is 2.34 bits per heavy atom. The van der Waals surface area contributed by atoms with E-state index >= 15 is 0 Å². The maximum Gasteiger partial charge on any atom is 0.339 e. The third-order valence-electron chi connectivity index (χ3n) is 16.0. The second-order valence-electron chi connectivity index (χ2n) is 21.8. The SMILES string of the molecule is CO[C@H]1CC2CC[C@@H](C)[C@@](O)(O2)C(=O)C(=O)N2CCCCC2C(=O)O[C@H]([C@H](C)C[C@@H]2CC[C@@H](OCCOC(=O)c3cccnc3)[C@H](OC)C2)CC(=O)[C@H](C)/C=C(\C)[C@@H](O)[C@@H](OC)C(=O)[C@H](C)C[C@H](C)/C=C/C=C/C=C/1C. The van der Waals surface area contributed by atoms with Crippen molar-refractivity contribution in [2.45, 2.75) is 180 Å². The first-order valence-electron chi connectivity index (χ1n) is 27.4. The zero-order valence-corrected chi connectivity index (χ0v) is 46.6. The highest BCUT2D eigenvalue weighted by Crippen LogP contribution is 2.38. The second kappa shape index (κ2) is 29.8. The fourth-order valence-electron chi connectivity index (χ4n) is 11.2. The maximum absolute atomic E-state index is 14.6. The maximum atomic E-state index is 14.6. The number of fused-ring (bicyclic) bond motifs is 3. The Balaban J connectivity index is 1.40. The Labute approximate surface area is 450 Å². The minimum atomic E-state index is -2.45. The van der Waals surface area contributed by atoms with Crippen LogP contribution in [0.4, 0.5) is 0 Å². The number of piperidine rings is 1. The van der Waals surface area contributed by atoms with Crippen molar-refractivity contribution < 1.29 is 72.1 Å². The lowest BCUT2D eigenvalue weighted by Crippen LogP contribution is -2.61. The summed E-state index contributed by atoms with van der Waals surface area (Å²) in [6.45, 7) is 12.9. The number of hydrogen-bond donors (Lipinski definition) is 2. The lowest BCUT2D eigenvalue weighted by molar-refractivity contribution is -0.265. The highest BCUT2D eigenvalue weighted by molar-refractivity contribution is 6.39. The molecule has 422 valence electrons. The number of aliphatic hydroxyl groups is 2. The fraction of sp³-hybridized carbons (Fsp3) is 0.678. The van der Waals surface area contributed by atoms with Crippen LogP contribution in [0.5, 0.6) is 0 Å². The van der Waals surface area contributed by atoms with E-state index in [1.54, 1.807) is 59.4 Å². The molecule has 1 aromatic heterocycles. The average Bonchev–Trinajstić information content (AvgIpc) is 3.43. The molecule has 2 bridgehead atoms. The quantitative estimate of drug-likeness (QED) is 0.0950. The van der Waals surface area contributed by atoms with Gasteiger partial charge in [-0.2, -0.15) is 0 Å². The Bertz CT molecular complexity index is 2230. The number of hydrogen-bond acceptors (Lipinski definition) is 16.